The molecule has 3 rings (SSSR count). The summed E-state index contributed by atoms with van der Waals surface area (Å²) in [6, 6.07) is 15.7. The molecule has 0 saturated heterocycles. The van der Waals surface area contributed by atoms with Gasteiger partial charge in [0.15, 0.2) is 10.9 Å². The molecule has 0 saturated carbocycles. The Morgan fingerprint density at radius 2 is 1.82 bits per heavy atom. The van der Waals surface area contributed by atoms with Crippen LogP contribution in [0.4, 0.5) is 0 Å². The first-order valence-corrected chi connectivity index (χ1v) is 8.13. The highest BCUT2D eigenvalue weighted by molar-refractivity contribution is 8.00. The number of aryl methyl sites for hydroxylation is 2. The molecule has 112 valence electrons. The van der Waals surface area contributed by atoms with Crippen LogP contribution in [0.25, 0.3) is 11.0 Å². The number of thioether (sulfide) groups is 1. The number of rotatable bonds is 4. The van der Waals surface area contributed by atoms with Gasteiger partial charge >= 0.3 is 0 Å². The zero-order chi connectivity index (χ0) is 15.7. The molecule has 1 heterocycles. The van der Waals surface area contributed by atoms with E-state index in [1.54, 1.807) is 0 Å². The van der Waals surface area contributed by atoms with Gasteiger partial charge in [-0.15, -0.1) is 0 Å². The molecule has 22 heavy (non-hydrogen) atoms. The Kier molecular flexibility index (Phi) is 4.03. The minimum Gasteiger partial charge on any atom is -0.322 e. The number of aromatic nitrogens is 2. The summed E-state index contributed by atoms with van der Waals surface area (Å²) in [5, 5.41) is 0.701. The molecule has 0 fully saturated rings. The predicted molar refractivity (Wildman–Crippen MR) is 91.5 cm³/mol. The molecule has 0 amide bonds. The number of benzene rings is 2. The molecule has 0 radical (unpaired) electrons. The fourth-order valence-electron chi connectivity index (χ4n) is 2.39. The van der Waals surface area contributed by atoms with Gasteiger partial charge < -0.3 is 4.57 Å². The lowest BCUT2D eigenvalue weighted by atomic mass is 10.1. The Balaban J connectivity index is 1.83. The molecule has 2 aromatic carbocycles. The van der Waals surface area contributed by atoms with Crippen LogP contribution in [0.5, 0.6) is 0 Å². The van der Waals surface area contributed by atoms with Gasteiger partial charge in [0, 0.05) is 12.6 Å². The van der Waals surface area contributed by atoms with Crippen LogP contribution in [0.2, 0.25) is 0 Å². The molecule has 3 aromatic rings. The van der Waals surface area contributed by atoms with Crippen molar-refractivity contribution >= 4 is 28.6 Å². The van der Waals surface area contributed by atoms with Gasteiger partial charge in [-0.1, -0.05) is 53.7 Å². The van der Waals surface area contributed by atoms with Crippen LogP contribution in [0, 0.1) is 6.92 Å². The average molecular weight is 310 g/mol. The summed E-state index contributed by atoms with van der Waals surface area (Å²) in [6.07, 6.45) is 0. The van der Waals surface area contributed by atoms with E-state index in [4.69, 9.17) is 0 Å². The van der Waals surface area contributed by atoms with Crippen molar-refractivity contribution in [3.05, 3.63) is 59.7 Å². The van der Waals surface area contributed by atoms with E-state index in [0.29, 0.717) is 0 Å². The fraction of sp³-hybridized carbons (Fsp3) is 0.222. The number of fused-ring (bicyclic) bond motifs is 1. The lowest BCUT2D eigenvalue weighted by Crippen LogP contribution is -2.14. The van der Waals surface area contributed by atoms with E-state index >= 15 is 0 Å². The van der Waals surface area contributed by atoms with E-state index in [0.717, 1.165) is 27.3 Å². The SMILES string of the molecule is Cc1ccc(C(=O)[C@H](C)Sc2nc3ccccc3n2C)cc1. The van der Waals surface area contributed by atoms with Crippen LogP contribution in [0.15, 0.2) is 53.7 Å². The zero-order valence-electron chi connectivity index (χ0n) is 12.9. The number of para-hydroxylation sites is 2. The summed E-state index contributed by atoms with van der Waals surface area (Å²) in [7, 11) is 1.99. The highest BCUT2D eigenvalue weighted by Crippen LogP contribution is 2.27. The van der Waals surface area contributed by atoms with Gasteiger partial charge in [-0.3, -0.25) is 4.79 Å². The number of hydrogen-bond acceptors (Lipinski definition) is 3. The lowest BCUT2D eigenvalue weighted by Gasteiger charge is -2.10. The normalized spacial score (nSPS) is 12.5. The van der Waals surface area contributed by atoms with Crippen molar-refractivity contribution in [3.8, 4) is 0 Å². The maximum atomic E-state index is 12.5. The molecule has 1 atom stereocenters. The Bertz CT molecular complexity index is 821. The van der Waals surface area contributed by atoms with E-state index in [1.807, 2.05) is 74.0 Å². The molecule has 1 aromatic heterocycles. The molecule has 0 aliphatic carbocycles. The van der Waals surface area contributed by atoms with Crippen molar-refractivity contribution in [1.29, 1.82) is 0 Å². The standard InChI is InChI=1S/C18H18N2OS/c1-12-8-10-14(11-9-12)17(21)13(2)22-18-19-15-6-4-5-7-16(15)20(18)3/h4-11,13H,1-3H3/t13-/m0/s1. The molecular weight excluding hydrogens is 292 g/mol. The number of nitrogens with zero attached hydrogens (tertiary/aromatic N) is 2. The first-order valence-electron chi connectivity index (χ1n) is 7.25. The Labute approximate surface area is 134 Å². The minimum atomic E-state index is -0.168. The summed E-state index contributed by atoms with van der Waals surface area (Å²) in [5.41, 5.74) is 3.96. The Morgan fingerprint density at radius 1 is 1.14 bits per heavy atom. The van der Waals surface area contributed by atoms with Crippen molar-refractivity contribution in [3.63, 3.8) is 0 Å². The number of carbonyl (C=O) groups is 1. The summed E-state index contributed by atoms with van der Waals surface area (Å²) in [6.45, 7) is 3.96. The van der Waals surface area contributed by atoms with Crippen LogP contribution in [-0.2, 0) is 7.05 Å². The number of Topliss-reactive ketones (excluding diaryl/α,β-unsaturated/α-hetero) is 1. The molecule has 0 unspecified atom stereocenters. The molecule has 3 nitrogen and oxygen atoms in total. The topological polar surface area (TPSA) is 34.9 Å². The van der Waals surface area contributed by atoms with Gasteiger partial charge in [0.1, 0.15) is 0 Å². The maximum Gasteiger partial charge on any atom is 0.175 e. The first-order chi connectivity index (χ1) is 10.6. The van der Waals surface area contributed by atoms with E-state index in [2.05, 4.69) is 4.98 Å². The molecule has 4 heteroatoms. The van der Waals surface area contributed by atoms with Gasteiger partial charge in [0.2, 0.25) is 0 Å². The molecule has 0 N–H and O–H groups in total. The van der Waals surface area contributed by atoms with E-state index in [-0.39, 0.29) is 11.0 Å². The predicted octanol–water partition coefficient (Wildman–Crippen LogP) is 4.25. The molecule has 0 aliphatic heterocycles. The van der Waals surface area contributed by atoms with Gasteiger partial charge in [0.25, 0.3) is 0 Å². The van der Waals surface area contributed by atoms with Gasteiger partial charge in [-0.05, 0) is 26.0 Å². The van der Waals surface area contributed by atoms with Crippen LogP contribution in [0.1, 0.15) is 22.8 Å². The van der Waals surface area contributed by atoms with Crippen molar-refractivity contribution in [2.24, 2.45) is 7.05 Å². The smallest absolute Gasteiger partial charge is 0.175 e. The lowest BCUT2D eigenvalue weighted by molar-refractivity contribution is 0.0994. The third-order valence-corrected chi connectivity index (χ3v) is 4.88. The number of imidazole rings is 1. The van der Waals surface area contributed by atoms with Crippen molar-refractivity contribution in [1.82, 2.24) is 9.55 Å². The summed E-state index contributed by atoms with van der Waals surface area (Å²) < 4.78 is 2.04. The molecule has 0 bridgehead atoms. The zero-order valence-corrected chi connectivity index (χ0v) is 13.7. The third kappa shape index (κ3) is 2.79. The second-order valence-electron chi connectivity index (χ2n) is 5.43. The third-order valence-electron chi connectivity index (χ3n) is 3.73. The van der Waals surface area contributed by atoms with Gasteiger partial charge in [-0.2, -0.15) is 0 Å². The van der Waals surface area contributed by atoms with Crippen molar-refractivity contribution in [2.75, 3.05) is 0 Å². The quantitative estimate of drug-likeness (QED) is 0.534. The second kappa shape index (κ2) is 5.97. The summed E-state index contributed by atoms with van der Waals surface area (Å²) in [5.74, 6) is 0.136. The number of carbonyl (C=O) groups excluding carboxylic acids is 1. The highest BCUT2D eigenvalue weighted by atomic mass is 32.2. The highest BCUT2D eigenvalue weighted by Gasteiger charge is 2.19. The average Bonchev–Trinajstić information content (AvgIpc) is 2.84. The van der Waals surface area contributed by atoms with E-state index in [9.17, 15) is 4.79 Å². The Hall–Kier alpha value is -2.07. The Morgan fingerprint density at radius 3 is 2.50 bits per heavy atom. The van der Waals surface area contributed by atoms with Gasteiger partial charge in [0.05, 0.1) is 16.3 Å². The minimum absolute atomic E-state index is 0.136. The van der Waals surface area contributed by atoms with Crippen LogP contribution < -0.4 is 0 Å². The number of hydrogen-bond donors (Lipinski definition) is 0. The van der Waals surface area contributed by atoms with Crippen LogP contribution >= 0.6 is 11.8 Å². The van der Waals surface area contributed by atoms with Crippen LogP contribution in [0.3, 0.4) is 0 Å². The van der Waals surface area contributed by atoms with Crippen molar-refractivity contribution < 1.29 is 4.79 Å². The largest absolute Gasteiger partial charge is 0.322 e. The van der Waals surface area contributed by atoms with E-state index < -0.39 is 0 Å². The van der Waals surface area contributed by atoms with Crippen molar-refractivity contribution in [2.45, 2.75) is 24.3 Å². The van der Waals surface area contributed by atoms with Gasteiger partial charge in [-0.25, -0.2) is 4.98 Å². The first kappa shape index (κ1) is 14.9. The fourth-order valence-corrected chi connectivity index (χ4v) is 3.36. The summed E-state index contributed by atoms with van der Waals surface area (Å²) >= 11 is 1.51. The molecule has 0 spiro atoms. The second-order valence-corrected chi connectivity index (χ2v) is 6.74. The van der Waals surface area contributed by atoms with Crippen LogP contribution in [-0.4, -0.2) is 20.6 Å². The maximum absolute atomic E-state index is 12.5. The summed E-state index contributed by atoms with van der Waals surface area (Å²) in [4.78, 5) is 17.1. The molecular formula is C18H18N2OS. The molecule has 0 aliphatic rings. The number of ketones is 1. The van der Waals surface area contributed by atoms with E-state index in [1.165, 1.54) is 11.8 Å². The monoisotopic (exact) mass is 310 g/mol.